The molecule has 0 saturated carbocycles. The van der Waals surface area contributed by atoms with Crippen molar-refractivity contribution in [2.45, 2.75) is 13.1 Å². The average Bonchev–Trinajstić information content (AvgIpc) is 2.76. The third kappa shape index (κ3) is 3.32. The van der Waals surface area contributed by atoms with E-state index in [4.69, 9.17) is 0 Å². The predicted molar refractivity (Wildman–Crippen MR) is 64.9 cm³/mol. The molecule has 1 N–H and O–H groups in total. The summed E-state index contributed by atoms with van der Waals surface area (Å²) in [6, 6.07) is 3.45. The molecule has 1 aromatic heterocycles. The van der Waals surface area contributed by atoms with Crippen molar-refractivity contribution in [3.8, 4) is 0 Å². The van der Waals surface area contributed by atoms with E-state index in [9.17, 15) is 14.5 Å². The summed E-state index contributed by atoms with van der Waals surface area (Å²) in [4.78, 5) is 10.0. The standard InChI is InChI=1S/C11H12FN5O2/c1-13-5-10-7-16(15-14-10)6-8-2-9(12)4-11(3-8)17(18)19/h2-4,7,13H,5-6H2,1H3. The van der Waals surface area contributed by atoms with Crippen molar-refractivity contribution in [2.24, 2.45) is 0 Å². The van der Waals surface area contributed by atoms with Gasteiger partial charge in [-0.25, -0.2) is 9.07 Å². The summed E-state index contributed by atoms with van der Waals surface area (Å²) in [7, 11) is 1.79. The second kappa shape index (κ2) is 5.53. The fourth-order valence-electron chi connectivity index (χ4n) is 1.70. The summed E-state index contributed by atoms with van der Waals surface area (Å²) in [5, 5.41) is 21.3. The fraction of sp³-hybridized carbons (Fsp3) is 0.273. The van der Waals surface area contributed by atoms with Crippen molar-refractivity contribution in [1.29, 1.82) is 0 Å². The quantitative estimate of drug-likeness (QED) is 0.646. The normalized spacial score (nSPS) is 10.6. The van der Waals surface area contributed by atoms with Gasteiger partial charge >= 0.3 is 0 Å². The monoisotopic (exact) mass is 265 g/mol. The number of halogens is 1. The van der Waals surface area contributed by atoms with Crippen LogP contribution in [-0.4, -0.2) is 27.0 Å². The van der Waals surface area contributed by atoms with Crippen LogP contribution in [0.2, 0.25) is 0 Å². The molecule has 1 heterocycles. The number of aromatic nitrogens is 3. The van der Waals surface area contributed by atoms with Crippen molar-refractivity contribution in [3.63, 3.8) is 0 Å². The molecule has 0 spiro atoms. The van der Waals surface area contributed by atoms with Crippen molar-refractivity contribution in [3.05, 3.63) is 51.6 Å². The lowest BCUT2D eigenvalue weighted by molar-refractivity contribution is -0.385. The Hall–Kier alpha value is -2.35. The molecule has 0 aliphatic rings. The lowest BCUT2D eigenvalue weighted by atomic mass is 10.2. The third-order valence-corrected chi connectivity index (χ3v) is 2.44. The molecule has 100 valence electrons. The maximum Gasteiger partial charge on any atom is 0.272 e. The summed E-state index contributed by atoms with van der Waals surface area (Å²) in [6.07, 6.45) is 1.70. The zero-order valence-corrected chi connectivity index (χ0v) is 10.2. The number of non-ortho nitro benzene ring substituents is 1. The van der Waals surface area contributed by atoms with Crippen LogP contribution in [0.25, 0.3) is 0 Å². The maximum atomic E-state index is 13.3. The van der Waals surface area contributed by atoms with Crippen LogP contribution < -0.4 is 5.32 Å². The first-order chi connectivity index (χ1) is 9.08. The second-order valence-electron chi connectivity index (χ2n) is 4.01. The van der Waals surface area contributed by atoms with E-state index < -0.39 is 10.7 Å². The molecule has 0 bridgehead atoms. The van der Waals surface area contributed by atoms with E-state index in [0.717, 1.165) is 11.8 Å². The zero-order valence-electron chi connectivity index (χ0n) is 10.2. The summed E-state index contributed by atoms with van der Waals surface area (Å²) < 4.78 is 14.8. The van der Waals surface area contributed by atoms with E-state index in [-0.39, 0.29) is 12.2 Å². The molecule has 1 aromatic carbocycles. The van der Waals surface area contributed by atoms with Crippen LogP contribution in [0.15, 0.2) is 24.4 Å². The number of nitro groups is 1. The van der Waals surface area contributed by atoms with Gasteiger partial charge in [0.2, 0.25) is 0 Å². The number of nitrogens with zero attached hydrogens (tertiary/aromatic N) is 4. The number of rotatable bonds is 5. The number of nitro benzene ring substituents is 1. The van der Waals surface area contributed by atoms with Crippen molar-refractivity contribution in [2.75, 3.05) is 7.05 Å². The highest BCUT2D eigenvalue weighted by atomic mass is 19.1. The van der Waals surface area contributed by atoms with Gasteiger partial charge in [-0.15, -0.1) is 5.10 Å². The number of benzene rings is 1. The Labute approximate surface area is 108 Å². The van der Waals surface area contributed by atoms with Gasteiger partial charge in [-0.1, -0.05) is 5.21 Å². The van der Waals surface area contributed by atoms with Crippen LogP contribution in [0.5, 0.6) is 0 Å². The van der Waals surface area contributed by atoms with E-state index in [1.54, 1.807) is 13.2 Å². The minimum Gasteiger partial charge on any atom is -0.314 e. The summed E-state index contributed by atoms with van der Waals surface area (Å²) in [5.41, 5.74) is 0.937. The molecular formula is C11H12FN5O2. The number of hydrogen-bond acceptors (Lipinski definition) is 5. The van der Waals surface area contributed by atoms with Crippen LogP contribution in [0.3, 0.4) is 0 Å². The first-order valence-electron chi connectivity index (χ1n) is 5.56. The molecule has 0 radical (unpaired) electrons. The van der Waals surface area contributed by atoms with Gasteiger partial charge in [0.25, 0.3) is 5.69 Å². The highest BCUT2D eigenvalue weighted by molar-refractivity contribution is 5.35. The van der Waals surface area contributed by atoms with Gasteiger partial charge in [-0.05, 0) is 18.7 Å². The molecule has 7 nitrogen and oxygen atoms in total. The summed E-state index contributed by atoms with van der Waals surface area (Å²) in [5.74, 6) is -0.639. The minimum atomic E-state index is -0.639. The Kier molecular flexibility index (Phi) is 3.81. The van der Waals surface area contributed by atoms with Crippen molar-refractivity contribution in [1.82, 2.24) is 20.3 Å². The molecule has 0 aliphatic carbocycles. The Morgan fingerprint density at radius 2 is 2.26 bits per heavy atom. The van der Waals surface area contributed by atoms with Gasteiger partial charge in [0, 0.05) is 12.6 Å². The van der Waals surface area contributed by atoms with E-state index in [0.29, 0.717) is 12.1 Å². The first kappa shape index (κ1) is 13.1. The Morgan fingerprint density at radius 3 is 2.95 bits per heavy atom. The lowest BCUT2D eigenvalue weighted by Gasteiger charge is -2.01. The molecule has 0 aliphatic heterocycles. The summed E-state index contributed by atoms with van der Waals surface area (Å²) in [6.45, 7) is 0.804. The van der Waals surface area contributed by atoms with Crippen LogP contribution in [-0.2, 0) is 13.1 Å². The van der Waals surface area contributed by atoms with Gasteiger partial charge in [-0.2, -0.15) is 0 Å². The van der Waals surface area contributed by atoms with Crippen molar-refractivity contribution < 1.29 is 9.31 Å². The lowest BCUT2D eigenvalue weighted by Crippen LogP contribution is -2.05. The molecule has 0 atom stereocenters. The molecule has 0 saturated heterocycles. The van der Waals surface area contributed by atoms with Crippen LogP contribution in [0.4, 0.5) is 10.1 Å². The molecule has 0 unspecified atom stereocenters. The van der Waals surface area contributed by atoms with E-state index in [1.165, 1.54) is 16.8 Å². The topological polar surface area (TPSA) is 85.9 Å². The molecule has 0 fully saturated rings. The van der Waals surface area contributed by atoms with Crippen LogP contribution >= 0.6 is 0 Å². The maximum absolute atomic E-state index is 13.3. The van der Waals surface area contributed by atoms with Gasteiger partial charge in [0.05, 0.1) is 29.4 Å². The molecule has 19 heavy (non-hydrogen) atoms. The first-order valence-corrected chi connectivity index (χ1v) is 5.56. The SMILES string of the molecule is CNCc1cn(Cc2cc(F)cc([N+](=O)[O-])c2)nn1. The molecule has 2 rings (SSSR count). The van der Waals surface area contributed by atoms with Gasteiger partial charge < -0.3 is 5.32 Å². The molecule has 8 heteroatoms. The smallest absolute Gasteiger partial charge is 0.272 e. The molecule has 2 aromatic rings. The fourth-order valence-corrected chi connectivity index (χ4v) is 1.70. The highest BCUT2D eigenvalue weighted by Gasteiger charge is 2.10. The van der Waals surface area contributed by atoms with Crippen molar-refractivity contribution >= 4 is 5.69 Å². The molecular weight excluding hydrogens is 253 g/mol. The van der Waals surface area contributed by atoms with Gasteiger partial charge in [0.15, 0.2) is 0 Å². The van der Waals surface area contributed by atoms with Gasteiger partial charge in [0.1, 0.15) is 5.82 Å². The number of hydrogen-bond donors (Lipinski definition) is 1. The van der Waals surface area contributed by atoms with E-state index in [1.807, 2.05) is 0 Å². The van der Waals surface area contributed by atoms with Gasteiger partial charge in [-0.3, -0.25) is 10.1 Å². The average molecular weight is 265 g/mol. The highest BCUT2D eigenvalue weighted by Crippen LogP contribution is 2.17. The zero-order chi connectivity index (χ0) is 13.8. The van der Waals surface area contributed by atoms with E-state index in [2.05, 4.69) is 15.6 Å². The Balaban J connectivity index is 2.19. The largest absolute Gasteiger partial charge is 0.314 e. The second-order valence-corrected chi connectivity index (χ2v) is 4.01. The third-order valence-electron chi connectivity index (χ3n) is 2.44. The Bertz CT molecular complexity index is 599. The number of nitrogens with one attached hydrogen (secondary N) is 1. The predicted octanol–water partition coefficient (Wildman–Crippen LogP) is 1.09. The van der Waals surface area contributed by atoms with E-state index >= 15 is 0 Å². The Morgan fingerprint density at radius 1 is 1.47 bits per heavy atom. The van der Waals surface area contributed by atoms with Crippen LogP contribution in [0, 0.1) is 15.9 Å². The minimum absolute atomic E-state index is 0.231. The van der Waals surface area contributed by atoms with Crippen LogP contribution in [0.1, 0.15) is 11.3 Å². The molecule has 0 amide bonds. The summed E-state index contributed by atoms with van der Waals surface area (Å²) >= 11 is 0.